The highest BCUT2D eigenvalue weighted by atomic mass is 35.5. The predicted molar refractivity (Wildman–Crippen MR) is 115 cm³/mol. The monoisotopic (exact) mass is 389 g/mol. The summed E-state index contributed by atoms with van der Waals surface area (Å²) in [6.45, 7) is 18.4. The van der Waals surface area contributed by atoms with Crippen molar-refractivity contribution >= 4 is 0 Å². The van der Waals surface area contributed by atoms with E-state index in [9.17, 15) is 0 Å². The summed E-state index contributed by atoms with van der Waals surface area (Å²) in [4.78, 5) is 1.90. The Kier molecular flexibility index (Phi) is 21.9. The molecule has 0 bridgehead atoms. The average molecular weight is 390 g/mol. The molecule has 0 aliphatic rings. The zero-order valence-electron chi connectivity index (χ0n) is 19.2. The Morgan fingerprint density at radius 1 is 0.423 bits per heavy atom. The number of halogens is 1. The molecule has 0 amide bonds. The van der Waals surface area contributed by atoms with E-state index in [1.165, 1.54) is 96.7 Å². The Morgan fingerprint density at radius 3 is 0.923 bits per heavy atom. The van der Waals surface area contributed by atoms with Gasteiger partial charge in [0, 0.05) is 0 Å². The van der Waals surface area contributed by atoms with Gasteiger partial charge in [0.05, 0.1) is 19.6 Å². The van der Waals surface area contributed by atoms with E-state index in [-0.39, 0.29) is 12.4 Å². The van der Waals surface area contributed by atoms with Crippen LogP contribution in [-0.2, 0) is 0 Å². The van der Waals surface area contributed by atoms with E-state index in [4.69, 9.17) is 0 Å². The largest absolute Gasteiger partial charge is 1.00 e. The Bertz CT molecular complexity index is 220. The quantitative estimate of drug-likeness (QED) is 0.342. The normalized spacial score (nSPS) is 11.8. The van der Waals surface area contributed by atoms with E-state index < -0.39 is 0 Å². The highest BCUT2D eigenvalue weighted by Crippen LogP contribution is 2.09. The lowest BCUT2D eigenvalue weighted by molar-refractivity contribution is -0.900. The van der Waals surface area contributed by atoms with Crippen LogP contribution in [0.1, 0.15) is 119 Å². The summed E-state index contributed by atoms with van der Waals surface area (Å²) in [7, 11) is 0. The van der Waals surface area contributed by atoms with Gasteiger partial charge in [0.15, 0.2) is 0 Å². The predicted octanol–water partition coefficient (Wildman–Crippen LogP) is 3.52. The Hall–Kier alpha value is 0.250. The Morgan fingerprint density at radius 2 is 0.692 bits per heavy atom. The first kappa shape index (κ1) is 28.5. The molecule has 2 heteroatoms. The molecular weight excluding hydrogens is 338 g/mol. The van der Waals surface area contributed by atoms with Crippen LogP contribution in [0.3, 0.4) is 0 Å². The van der Waals surface area contributed by atoms with Gasteiger partial charge in [0.1, 0.15) is 0 Å². The number of hydrogen-bond donors (Lipinski definition) is 1. The van der Waals surface area contributed by atoms with Crippen LogP contribution in [0, 0.1) is 17.8 Å². The van der Waals surface area contributed by atoms with Crippen LogP contribution in [0.4, 0.5) is 0 Å². The van der Waals surface area contributed by atoms with Gasteiger partial charge in [-0.1, -0.05) is 80.1 Å². The van der Waals surface area contributed by atoms with E-state index >= 15 is 0 Å². The second-order valence-corrected chi connectivity index (χ2v) is 9.73. The number of rotatable bonds is 18. The van der Waals surface area contributed by atoms with Crippen molar-refractivity contribution in [2.75, 3.05) is 19.6 Å². The maximum absolute atomic E-state index is 2.35. The van der Waals surface area contributed by atoms with Crippen molar-refractivity contribution in [3.8, 4) is 0 Å². The molecule has 0 aromatic heterocycles. The molecule has 0 fully saturated rings. The second kappa shape index (κ2) is 20.0. The van der Waals surface area contributed by atoms with Gasteiger partial charge in [-0.2, -0.15) is 0 Å². The molecule has 0 unspecified atom stereocenters. The molecule has 0 aromatic rings. The van der Waals surface area contributed by atoms with Crippen molar-refractivity contribution in [3.05, 3.63) is 0 Å². The lowest BCUT2D eigenvalue weighted by Crippen LogP contribution is -3.12. The topological polar surface area (TPSA) is 4.44 Å². The minimum Gasteiger partial charge on any atom is -1.00 e. The molecule has 0 aromatic carbocycles. The van der Waals surface area contributed by atoms with Crippen LogP contribution in [-0.4, -0.2) is 19.6 Å². The first-order valence-electron chi connectivity index (χ1n) is 11.7. The number of quaternary nitrogens is 1. The van der Waals surface area contributed by atoms with Crippen molar-refractivity contribution in [1.29, 1.82) is 0 Å². The van der Waals surface area contributed by atoms with Gasteiger partial charge < -0.3 is 17.3 Å². The summed E-state index contributed by atoms with van der Waals surface area (Å²) in [5.41, 5.74) is 0. The lowest BCUT2D eigenvalue weighted by Gasteiger charge is -2.20. The van der Waals surface area contributed by atoms with Gasteiger partial charge in [0.25, 0.3) is 0 Å². The smallest absolute Gasteiger partial charge is 0.0770 e. The van der Waals surface area contributed by atoms with Crippen LogP contribution in [0.5, 0.6) is 0 Å². The maximum Gasteiger partial charge on any atom is 0.0770 e. The van der Waals surface area contributed by atoms with Crippen molar-refractivity contribution < 1.29 is 17.3 Å². The van der Waals surface area contributed by atoms with Gasteiger partial charge in [-0.15, -0.1) is 0 Å². The molecule has 0 rings (SSSR count). The lowest BCUT2D eigenvalue weighted by atomic mass is 10.0. The summed E-state index contributed by atoms with van der Waals surface area (Å²) >= 11 is 0. The van der Waals surface area contributed by atoms with Crippen LogP contribution >= 0.6 is 0 Å². The van der Waals surface area contributed by atoms with E-state index in [1.54, 1.807) is 0 Å². The Labute approximate surface area is 173 Å². The number of nitrogens with one attached hydrogen (secondary N) is 1. The summed E-state index contributed by atoms with van der Waals surface area (Å²) in [6, 6.07) is 0. The fraction of sp³-hybridized carbons (Fsp3) is 1.00. The highest BCUT2D eigenvalue weighted by Gasteiger charge is 2.08. The van der Waals surface area contributed by atoms with Gasteiger partial charge in [-0.3, -0.25) is 0 Å². The molecule has 0 radical (unpaired) electrons. The molecule has 1 N–H and O–H groups in total. The zero-order chi connectivity index (χ0) is 18.9. The number of unbranched alkanes of at least 4 members (excludes halogenated alkanes) is 6. The van der Waals surface area contributed by atoms with Gasteiger partial charge in [-0.25, -0.2) is 0 Å². The van der Waals surface area contributed by atoms with Crippen molar-refractivity contribution in [2.45, 2.75) is 119 Å². The molecule has 0 aliphatic heterocycles. The summed E-state index contributed by atoms with van der Waals surface area (Å²) < 4.78 is 0. The molecule has 26 heavy (non-hydrogen) atoms. The standard InChI is InChI=1S/C24H51N.ClH/c1-22(2)16-10-7-13-19-25(20-14-8-11-17-23(3)4)21-15-9-12-18-24(5)6;/h22-24H,7-21H2,1-6H3;1H. The first-order chi connectivity index (χ1) is 11.9. The molecule has 160 valence electrons. The second-order valence-electron chi connectivity index (χ2n) is 9.73. The minimum atomic E-state index is 0. The molecule has 0 saturated carbocycles. The van der Waals surface area contributed by atoms with Gasteiger partial charge >= 0.3 is 0 Å². The zero-order valence-corrected chi connectivity index (χ0v) is 20.0. The van der Waals surface area contributed by atoms with Crippen molar-refractivity contribution in [1.82, 2.24) is 0 Å². The maximum atomic E-state index is 2.35. The van der Waals surface area contributed by atoms with E-state index in [0.717, 1.165) is 17.8 Å². The fourth-order valence-electron chi connectivity index (χ4n) is 3.69. The van der Waals surface area contributed by atoms with Crippen molar-refractivity contribution in [2.24, 2.45) is 17.8 Å². The van der Waals surface area contributed by atoms with E-state index in [2.05, 4.69) is 41.5 Å². The molecule has 0 aliphatic carbocycles. The molecule has 1 nitrogen and oxygen atoms in total. The molecule has 0 atom stereocenters. The third-order valence-electron chi connectivity index (χ3n) is 5.44. The van der Waals surface area contributed by atoms with Crippen LogP contribution in [0.2, 0.25) is 0 Å². The summed E-state index contributed by atoms with van der Waals surface area (Å²) in [6.07, 6.45) is 17.2. The number of hydrogen-bond acceptors (Lipinski definition) is 0. The third-order valence-corrected chi connectivity index (χ3v) is 5.44. The molecule has 0 saturated heterocycles. The third kappa shape index (κ3) is 22.3. The highest BCUT2D eigenvalue weighted by molar-refractivity contribution is 4.50. The van der Waals surface area contributed by atoms with Crippen molar-refractivity contribution in [3.63, 3.8) is 0 Å². The molecule has 0 spiro atoms. The summed E-state index contributed by atoms with van der Waals surface area (Å²) in [5.74, 6) is 2.64. The average Bonchev–Trinajstić information content (AvgIpc) is 2.52. The first-order valence-corrected chi connectivity index (χ1v) is 11.7. The van der Waals surface area contributed by atoms with E-state index in [1.807, 2.05) is 4.90 Å². The van der Waals surface area contributed by atoms with Gasteiger partial charge in [0.2, 0.25) is 0 Å². The van der Waals surface area contributed by atoms with E-state index in [0.29, 0.717) is 0 Å². The van der Waals surface area contributed by atoms with Crippen LogP contribution in [0.15, 0.2) is 0 Å². The fourth-order valence-corrected chi connectivity index (χ4v) is 3.69. The molecular formula is C24H52ClN. The van der Waals surface area contributed by atoms with Gasteiger partial charge in [-0.05, 0) is 56.3 Å². The van der Waals surface area contributed by atoms with Crippen LogP contribution in [0.25, 0.3) is 0 Å². The summed E-state index contributed by atoms with van der Waals surface area (Å²) in [5, 5.41) is 0. The van der Waals surface area contributed by atoms with Crippen LogP contribution < -0.4 is 17.3 Å². The minimum absolute atomic E-state index is 0. The Balaban J connectivity index is 0. The molecule has 0 heterocycles. The SMILES string of the molecule is CC(C)CCCCC[NH+](CCCCCC(C)C)CCCCCC(C)C.[Cl-].